The van der Waals surface area contributed by atoms with Crippen LogP contribution in [0.25, 0.3) is 11.3 Å². The SMILES string of the molecule is COc1ccc(C(=O)Nc2cc(-c3[nH]c4c(c3Nc3ccccc3)C(=O)CN(C(=O)N3CCOCC3)C4)ccn2)cc1F. The minimum absolute atomic E-state index is 0.0330. The van der Waals surface area contributed by atoms with E-state index in [-0.39, 0.29) is 42.0 Å². The summed E-state index contributed by atoms with van der Waals surface area (Å²) in [4.78, 5) is 50.5. The largest absolute Gasteiger partial charge is 0.494 e. The van der Waals surface area contributed by atoms with Crippen molar-refractivity contribution in [2.45, 2.75) is 6.54 Å². The van der Waals surface area contributed by atoms with Crippen LogP contribution in [0.3, 0.4) is 0 Å². The molecule has 0 saturated carbocycles. The number of benzene rings is 2. The Hall–Kier alpha value is -5.23. The molecule has 0 radical (unpaired) electrons. The fourth-order valence-corrected chi connectivity index (χ4v) is 5.22. The van der Waals surface area contributed by atoms with Gasteiger partial charge >= 0.3 is 6.03 Å². The first kappa shape index (κ1) is 27.9. The summed E-state index contributed by atoms with van der Waals surface area (Å²) in [6.07, 6.45) is 1.53. The van der Waals surface area contributed by atoms with E-state index in [1.54, 1.807) is 17.0 Å². The number of ether oxygens (including phenoxy) is 2. The Bertz CT molecular complexity index is 1690. The van der Waals surface area contributed by atoms with Gasteiger partial charge in [0.25, 0.3) is 5.91 Å². The number of fused-ring (bicyclic) bond motifs is 1. The number of nitrogens with zero attached hydrogens (tertiary/aromatic N) is 3. The molecule has 2 aromatic carbocycles. The first-order valence-electron chi connectivity index (χ1n) is 13.7. The molecular formula is C31H29FN6O5. The van der Waals surface area contributed by atoms with Gasteiger partial charge in [0.2, 0.25) is 0 Å². The topological polar surface area (TPSA) is 129 Å². The number of hydrogen-bond acceptors (Lipinski definition) is 7. The van der Waals surface area contributed by atoms with E-state index >= 15 is 0 Å². The maximum atomic E-state index is 14.2. The number of H-pyrrole nitrogens is 1. The number of methoxy groups -OCH3 is 1. The Labute approximate surface area is 246 Å². The average Bonchev–Trinajstić information content (AvgIpc) is 3.40. The molecule has 12 heteroatoms. The van der Waals surface area contributed by atoms with Crippen molar-refractivity contribution in [2.24, 2.45) is 0 Å². The summed E-state index contributed by atoms with van der Waals surface area (Å²) in [5.41, 5.74) is 3.74. The zero-order valence-electron chi connectivity index (χ0n) is 23.4. The predicted molar refractivity (Wildman–Crippen MR) is 157 cm³/mol. The second-order valence-corrected chi connectivity index (χ2v) is 10.1. The van der Waals surface area contributed by atoms with E-state index in [1.807, 2.05) is 30.3 Å². The third-order valence-electron chi connectivity index (χ3n) is 7.34. The van der Waals surface area contributed by atoms with Gasteiger partial charge in [-0.25, -0.2) is 14.2 Å². The van der Waals surface area contributed by atoms with Gasteiger partial charge in [-0.2, -0.15) is 0 Å². The quantitative estimate of drug-likeness (QED) is 0.300. The number of aromatic amines is 1. The van der Waals surface area contributed by atoms with Crippen molar-refractivity contribution >= 4 is 34.9 Å². The molecule has 0 unspecified atom stereocenters. The molecule has 220 valence electrons. The maximum Gasteiger partial charge on any atom is 0.320 e. The first-order chi connectivity index (χ1) is 20.9. The fourth-order valence-electron chi connectivity index (χ4n) is 5.22. The van der Waals surface area contributed by atoms with Gasteiger partial charge in [0.15, 0.2) is 17.3 Å². The van der Waals surface area contributed by atoms with Crippen LogP contribution in [0, 0.1) is 5.82 Å². The van der Waals surface area contributed by atoms with E-state index in [9.17, 15) is 18.8 Å². The molecule has 0 aliphatic carbocycles. The first-order valence-corrected chi connectivity index (χ1v) is 13.7. The molecule has 2 aliphatic rings. The zero-order chi connectivity index (χ0) is 29.9. The minimum atomic E-state index is -0.656. The summed E-state index contributed by atoms with van der Waals surface area (Å²) in [6.45, 7) is 2.04. The third-order valence-corrected chi connectivity index (χ3v) is 7.34. The van der Waals surface area contributed by atoms with Crippen LogP contribution in [0.4, 0.5) is 26.4 Å². The van der Waals surface area contributed by atoms with Crippen molar-refractivity contribution < 1.29 is 28.2 Å². The van der Waals surface area contributed by atoms with Gasteiger partial charge in [0.05, 0.1) is 50.4 Å². The maximum absolute atomic E-state index is 14.2. The van der Waals surface area contributed by atoms with Gasteiger partial charge in [-0.3, -0.25) is 9.59 Å². The van der Waals surface area contributed by atoms with Crippen LogP contribution in [0.2, 0.25) is 0 Å². The molecule has 1 saturated heterocycles. The van der Waals surface area contributed by atoms with Gasteiger partial charge in [-0.15, -0.1) is 0 Å². The van der Waals surface area contributed by atoms with Crippen LogP contribution >= 0.6 is 0 Å². The lowest BCUT2D eigenvalue weighted by Crippen LogP contribution is -2.50. The van der Waals surface area contributed by atoms with Crippen molar-refractivity contribution in [3.05, 3.63) is 89.5 Å². The highest BCUT2D eigenvalue weighted by atomic mass is 19.1. The van der Waals surface area contributed by atoms with E-state index in [0.717, 1.165) is 11.8 Å². The summed E-state index contributed by atoms with van der Waals surface area (Å²) in [6, 6.07) is 16.6. The highest BCUT2D eigenvalue weighted by Gasteiger charge is 2.34. The standard InChI is InChI=1S/C31H29FN6O5/c1-42-25-8-7-20(15-22(25)32)30(40)36-26-16-19(9-10-33-26)28-29(34-21-5-3-2-4-6-21)27-23(35-28)17-38(18-24(27)39)31(41)37-11-13-43-14-12-37/h2-10,15-16,34-35H,11-14,17-18H2,1H3,(H,33,36,40). The third kappa shape index (κ3) is 5.77. The smallest absolute Gasteiger partial charge is 0.320 e. The van der Waals surface area contributed by atoms with E-state index in [4.69, 9.17) is 9.47 Å². The monoisotopic (exact) mass is 584 g/mol. The summed E-state index contributed by atoms with van der Waals surface area (Å²) in [5, 5.41) is 6.08. The number of morpholine rings is 1. The van der Waals surface area contributed by atoms with Gasteiger partial charge in [0.1, 0.15) is 5.82 Å². The number of halogens is 1. The van der Waals surface area contributed by atoms with E-state index in [2.05, 4.69) is 20.6 Å². The summed E-state index contributed by atoms with van der Waals surface area (Å²) in [7, 11) is 1.35. The lowest BCUT2D eigenvalue weighted by molar-refractivity contribution is 0.0415. The Morgan fingerprint density at radius 1 is 1.02 bits per heavy atom. The number of ketones is 1. The number of anilines is 3. The second-order valence-electron chi connectivity index (χ2n) is 10.1. The Balaban J connectivity index is 1.32. The molecule has 43 heavy (non-hydrogen) atoms. The number of amides is 3. The number of carbonyl (C=O) groups excluding carboxylic acids is 3. The lowest BCUT2D eigenvalue weighted by atomic mass is 10.0. The number of Topliss-reactive ketones (excluding diaryl/α,β-unsaturated/α-hetero) is 1. The Morgan fingerprint density at radius 3 is 2.56 bits per heavy atom. The number of carbonyl (C=O) groups is 3. The highest BCUT2D eigenvalue weighted by Crippen LogP contribution is 2.38. The number of aromatic nitrogens is 2. The number of pyridine rings is 1. The molecule has 0 bridgehead atoms. The van der Waals surface area contributed by atoms with Crippen LogP contribution in [0.1, 0.15) is 26.4 Å². The summed E-state index contributed by atoms with van der Waals surface area (Å²) < 4.78 is 24.5. The summed E-state index contributed by atoms with van der Waals surface area (Å²) in [5.74, 6) is -1.14. The summed E-state index contributed by atoms with van der Waals surface area (Å²) >= 11 is 0. The Kier molecular flexibility index (Phi) is 7.75. The molecule has 11 nitrogen and oxygen atoms in total. The number of para-hydroxylation sites is 1. The molecule has 0 atom stereocenters. The zero-order valence-corrected chi connectivity index (χ0v) is 23.4. The average molecular weight is 585 g/mol. The highest BCUT2D eigenvalue weighted by molar-refractivity contribution is 6.09. The van der Waals surface area contributed by atoms with E-state index < -0.39 is 11.7 Å². The van der Waals surface area contributed by atoms with Crippen LogP contribution < -0.4 is 15.4 Å². The number of nitrogens with one attached hydrogen (secondary N) is 3. The second kappa shape index (κ2) is 11.9. The van der Waals surface area contributed by atoms with Crippen LogP contribution in [0.15, 0.2) is 66.9 Å². The number of rotatable bonds is 6. The predicted octanol–water partition coefficient (Wildman–Crippen LogP) is 4.67. The number of hydrogen-bond donors (Lipinski definition) is 3. The molecule has 3 N–H and O–H groups in total. The normalized spacial score (nSPS) is 14.7. The molecule has 0 spiro atoms. The van der Waals surface area contributed by atoms with Crippen molar-refractivity contribution in [3.63, 3.8) is 0 Å². The number of urea groups is 1. The van der Waals surface area contributed by atoms with Crippen molar-refractivity contribution in [1.82, 2.24) is 19.8 Å². The molecule has 1 fully saturated rings. The molecule has 4 heterocycles. The van der Waals surface area contributed by atoms with Crippen LogP contribution in [-0.2, 0) is 11.3 Å². The van der Waals surface area contributed by atoms with Crippen molar-refractivity contribution in [2.75, 3.05) is 50.6 Å². The van der Waals surface area contributed by atoms with Crippen LogP contribution in [0.5, 0.6) is 5.75 Å². The van der Waals surface area contributed by atoms with Gasteiger partial charge < -0.3 is 34.9 Å². The molecule has 3 amide bonds. The molecular weight excluding hydrogens is 555 g/mol. The minimum Gasteiger partial charge on any atom is -0.494 e. The molecule has 6 rings (SSSR count). The van der Waals surface area contributed by atoms with Crippen molar-refractivity contribution in [3.8, 4) is 17.0 Å². The van der Waals surface area contributed by atoms with E-state index in [0.29, 0.717) is 54.5 Å². The van der Waals surface area contributed by atoms with Crippen molar-refractivity contribution in [1.29, 1.82) is 0 Å². The van der Waals surface area contributed by atoms with Gasteiger partial charge in [-0.1, -0.05) is 18.2 Å². The Morgan fingerprint density at radius 2 is 1.81 bits per heavy atom. The van der Waals surface area contributed by atoms with Gasteiger partial charge in [0, 0.05) is 41.8 Å². The van der Waals surface area contributed by atoms with Gasteiger partial charge in [-0.05, 0) is 42.5 Å². The van der Waals surface area contributed by atoms with Crippen LogP contribution in [-0.4, -0.2) is 77.4 Å². The lowest BCUT2D eigenvalue weighted by Gasteiger charge is -2.34. The fraction of sp³-hybridized carbons (Fsp3) is 0.226. The molecule has 2 aromatic heterocycles. The van der Waals surface area contributed by atoms with E-state index in [1.165, 1.54) is 30.3 Å². The molecule has 4 aromatic rings. The molecule has 2 aliphatic heterocycles.